The summed E-state index contributed by atoms with van der Waals surface area (Å²) < 4.78 is 11.4. The second-order valence-corrected chi connectivity index (χ2v) is 10.2. The van der Waals surface area contributed by atoms with Gasteiger partial charge < -0.3 is 19.3 Å². The van der Waals surface area contributed by atoms with Crippen molar-refractivity contribution in [2.75, 3.05) is 33.4 Å². The molecule has 0 aromatic carbocycles. The molecule has 2 aliphatic rings. The maximum absolute atomic E-state index is 13.1. The zero-order valence-corrected chi connectivity index (χ0v) is 19.2. The maximum atomic E-state index is 13.1. The third kappa shape index (κ3) is 4.80. The maximum Gasteiger partial charge on any atom is 0.261 e. The average molecular weight is 470 g/mol. The lowest BCUT2D eigenvalue weighted by Gasteiger charge is -2.40. The number of amides is 2. The van der Waals surface area contributed by atoms with Crippen molar-refractivity contribution in [1.29, 1.82) is 0 Å². The summed E-state index contributed by atoms with van der Waals surface area (Å²) in [6.07, 6.45) is 4.52. The van der Waals surface area contributed by atoms with Crippen LogP contribution in [0.2, 0.25) is 4.34 Å². The van der Waals surface area contributed by atoms with Gasteiger partial charge >= 0.3 is 0 Å². The zero-order valence-electron chi connectivity index (χ0n) is 16.8. The highest BCUT2D eigenvalue weighted by Crippen LogP contribution is 2.29. The van der Waals surface area contributed by atoms with Crippen LogP contribution in [0.3, 0.4) is 0 Å². The molecular formula is C20H24ClN3O4S2. The van der Waals surface area contributed by atoms with Crippen LogP contribution in [0, 0.1) is 0 Å². The number of thiazole rings is 1. The van der Waals surface area contributed by atoms with Crippen molar-refractivity contribution < 1.29 is 19.1 Å². The number of nitrogens with zero attached hydrogens (tertiary/aromatic N) is 3. The second kappa shape index (κ2) is 9.64. The van der Waals surface area contributed by atoms with Gasteiger partial charge in [-0.25, -0.2) is 4.98 Å². The van der Waals surface area contributed by atoms with Crippen molar-refractivity contribution in [2.24, 2.45) is 0 Å². The first kappa shape index (κ1) is 21.5. The lowest BCUT2D eigenvalue weighted by atomic mass is 10.0. The first-order valence-corrected chi connectivity index (χ1v) is 12.0. The summed E-state index contributed by atoms with van der Waals surface area (Å²) in [6, 6.07) is 2.80. The van der Waals surface area contributed by atoms with Crippen LogP contribution < -0.4 is 4.74 Å². The van der Waals surface area contributed by atoms with E-state index < -0.39 is 6.04 Å². The van der Waals surface area contributed by atoms with Crippen molar-refractivity contribution in [3.05, 3.63) is 32.0 Å². The van der Waals surface area contributed by atoms with Crippen molar-refractivity contribution in [3.63, 3.8) is 0 Å². The summed E-state index contributed by atoms with van der Waals surface area (Å²) in [5.41, 5.74) is 1.20. The summed E-state index contributed by atoms with van der Waals surface area (Å²) in [5.74, 6) is -0.344. The van der Waals surface area contributed by atoms with Gasteiger partial charge in [0.2, 0.25) is 5.91 Å². The predicted molar refractivity (Wildman–Crippen MR) is 116 cm³/mol. The fourth-order valence-corrected chi connectivity index (χ4v) is 5.89. The van der Waals surface area contributed by atoms with Crippen molar-refractivity contribution >= 4 is 46.1 Å². The Bertz CT molecular complexity index is 892. The van der Waals surface area contributed by atoms with E-state index in [2.05, 4.69) is 0 Å². The molecule has 30 heavy (non-hydrogen) atoms. The first-order chi connectivity index (χ1) is 14.5. The Labute approximate surface area is 188 Å². The number of halogens is 1. The van der Waals surface area contributed by atoms with Gasteiger partial charge in [0, 0.05) is 25.1 Å². The molecule has 7 nitrogen and oxygen atoms in total. The number of fused-ring (bicyclic) bond motifs is 1. The molecule has 1 unspecified atom stereocenters. The molecule has 1 fully saturated rings. The van der Waals surface area contributed by atoms with Crippen LogP contribution in [0.15, 0.2) is 12.1 Å². The molecule has 0 spiro atoms. The number of aromatic nitrogens is 1. The van der Waals surface area contributed by atoms with Gasteiger partial charge in [0.15, 0.2) is 11.7 Å². The molecule has 1 aliphatic heterocycles. The van der Waals surface area contributed by atoms with E-state index in [1.165, 1.54) is 41.9 Å². The fraction of sp³-hybridized carbons (Fsp3) is 0.550. The number of hydrogen-bond acceptors (Lipinski definition) is 7. The number of methoxy groups -OCH3 is 1. The van der Waals surface area contributed by atoms with Crippen LogP contribution in [0.1, 0.15) is 28.4 Å². The highest BCUT2D eigenvalue weighted by molar-refractivity contribution is 7.17. The summed E-state index contributed by atoms with van der Waals surface area (Å²) in [6.45, 7) is 1.42. The predicted octanol–water partition coefficient (Wildman–Crippen LogP) is 3.00. The van der Waals surface area contributed by atoms with Gasteiger partial charge in [-0.3, -0.25) is 9.59 Å². The largest absolute Gasteiger partial charge is 0.474 e. The fourth-order valence-electron chi connectivity index (χ4n) is 3.84. The molecule has 2 aromatic heterocycles. The number of carbonyl (C=O) groups is 2. The van der Waals surface area contributed by atoms with Crippen LogP contribution in [-0.4, -0.2) is 66.1 Å². The quantitative estimate of drug-likeness (QED) is 0.623. The molecule has 0 saturated carbocycles. The molecule has 10 heteroatoms. The highest BCUT2D eigenvalue weighted by Gasteiger charge is 2.38. The smallest absolute Gasteiger partial charge is 0.261 e. The monoisotopic (exact) mass is 469 g/mol. The molecule has 1 atom stereocenters. The van der Waals surface area contributed by atoms with Crippen LogP contribution in [-0.2, 0) is 33.7 Å². The van der Waals surface area contributed by atoms with E-state index in [1.807, 2.05) is 0 Å². The molecule has 2 aromatic rings. The van der Waals surface area contributed by atoms with E-state index in [1.54, 1.807) is 33.3 Å². The number of ether oxygens (including phenoxy) is 2. The standard InChI is InChI=1S/C20H24ClN3O4S2/c1-27-11-14-20(26)23(10-17-22-13-4-2-3-5-15(13)29-17)8-9-24(14)18(25)12-28-19-7-6-16(21)30-19/h6-7,14H,2-5,8-12H2,1H3. The lowest BCUT2D eigenvalue weighted by molar-refractivity contribution is -0.155. The topological polar surface area (TPSA) is 72.0 Å². The van der Waals surface area contributed by atoms with E-state index in [0.717, 1.165) is 17.8 Å². The van der Waals surface area contributed by atoms with Crippen LogP contribution in [0.25, 0.3) is 0 Å². The molecule has 0 bridgehead atoms. The normalized spacial score (nSPS) is 19.1. The van der Waals surface area contributed by atoms with Crippen molar-refractivity contribution in [1.82, 2.24) is 14.8 Å². The van der Waals surface area contributed by atoms with Gasteiger partial charge in [0.05, 0.1) is 23.2 Å². The Hall–Kier alpha value is -1.68. The molecular weight excluding hydrogens is 446 g/mol. The Balaban J connectivity index is 1.39. The van der Waals surface area contributed by atoms with Gasteiger partial charge in [0.1, 0.15) is 11.0 Å². The summed E-state index contributed by atoms with van der Waals surface area (Å²) in [7, 11) is 1.54. The van der Waals surface area contributed by atoms with E-state index in [9.17, 15) is 9.59 Å². The van der Waals surface area contributed by atoms with Gasteiger partial charge in [-0.2, -0.15) is 0 Å². The number of piperazine rings is 1. The van der Waals surface area contributed by atoms with Gasteiger partial charge in [-0.05, 0) is 37.8 Å². The molecule has 1 aliphatic carbocycles. The minimum Gasteiger partial charge on any atom is -0.474 e. The van der Waals surface area contributed by atoms with Crippen molar-refractivity contribution in [2.45, 2.75) is 38.3 Å². The number of rotatable bonds is 7. The van der Waals surface area contributed by atoms with Crippen molar-refractivity contribution in [3.8, 4) is 5.06 Å². The molecule has 2 amide bonds. The van der Waals surface area contributed by atoms with Gasteiger partial charge in [-0.15, -0.1) is 11.3 Å². The Morgan fingerprint density at radius 1 is 1.27 bits per heavy atom. The Morgan fingerprint density at radius 3 is 2.83 bits per heavy atom. The molecule has 162 valence electrons. The van der Waals surface area contributed by atoms with E-state index in [0.29, 0.717) is 29.0 Å². The third-order valence-electron chi connectivity index (χ3n) is 5.33. The average Bonchev–Trinajstić information content (AvgIpc) is 3.34. The van der Waals surface area contributed by atoms with Crippen LogP contribution >= 0.6 is 34.3 Å². The number of carbonyl (C=O) groups excluding carboxylic acids is 2. The van der Waals surface area contributed by atoms with Gasteiger partial charge in [-0.1, -0.05) is 22.9 Å². The summed E-state index contributed by atoms with van der Waals surface area (Å²) in [4.78, 5) is 35.3. The lowest BCUT2D eigenvalue weighted by Crippen LogP contribution is -2.60. The zero-order chi connectivity index (χ0) is 21.1. The first-order valence-electron chi connectivity index (χ1n) is 9.98. The molecule has 4 rings (SSSR count). The molecule has 3 heterocycles. The van der Waals surface area contributed by atoms with E-state index in [-0.39, 0.29) is 25.0 Å². The minimum atomic E-state index is -0.652. The van der Waals surface area contributed by atoms with Crippen LogP contribution in [0.4, 0.5) is 0 Å². The molecule has 1 saturated heterocycles. The third-order valence-corrected chi connectivity index (χ3v) is 7.62. The van der Waals surface area contributed by atoms with E-state index in [4.69, 9.17) is 26.1 Å². The summed E-state index contributed by atoms with van der Waals surface area (Å²) >= 11 is 8.88. The summed E-state index contributed by atoms with van der Waals surface area (Å²) in [5, 5.41) is 1.55. The van der Waals surface area contributed by atoms with E-state index >= 15 is 0 Å². The molecule has 0 N–H and O–H groups in total. The minimum absolute atomic E-state index is 0.108. The molecule has 0 radical (unpaired) electrons. The number of hydrogen-bond donors (Lipinski definition) is 0. The Morgan fingerprint density at radius 2 is 2.10 bits per heavy atom. The van der Waals surface area contributed by atoms with Gasteiger partial charge in [0.25, 0.3) is 5.91 Å². The number of thiophene rings is 1. The SMILES string of the molecule is COCC1C(=O)N(Cc2nc3c(s2)CCCC3)CCN1C(=O)COc1ccc(Cl)s1. The highest BCUT2D eigenvalue weighted by atomic mass is 35.5. The Kier molecular flexibility index (Phi) is 6.92. The second-order valence-electron chi connectivity index (χ2n) is 7.35. The van der Waals surface area contributed by atoms with Crippen LogP contribution in [0.5, 0.6) is 5.06 Å². The number of aryl methyl sites for hydroxylation is 2.